The molecule has 1 N–H and O–H groups in total. The Hall–Kier alpha value is -3.06. The van der Waals surface area contributed by atoms with E-state index in [9.17, 15) is 9.59 Å². The summed E-state index contributed by atoms with van der Waals surface area (Å²) in [5, 5.41) is 11.9. The van der Waals surface area contributed by atoms with Crippen molar-refractivity contribution in [1.29, 1.82) is 0 Å². The van der Waals surface area contributed by atoms with Crippen LogP contribution in [0.25, 0.3) is 0 Å². The van der Waals surface area contributed by atoms with Crippen molar-refractivity contribution in [3.8, 4) is 5.75 Å². The first-order valence-corrected chi connectivity index (χ1v) is 9.82. The van der Waals surface area contributed by atoms with Gasteiger partial charge in [0.2, 0.25) is 11.0 Å². The number of rotatable bonds is 9. The van der Waals surface area contributed by atoms with Gasteiger partial charge >= 0.3 is 0 Å². The highest BCUT2D eigenvalue weighted by molar-refractivity contribution is 7.15. The summed E-state index contributed by atoms with van der Waals surface area (Å²) in [6, 6.07) is 16.9. The van der Waals surface area contributed by atoms with E-state index in [-0.39, 0.29) is 24.5 Å². The summed E-state index contributed by atoms with van der Waals surface area (Å²) in [7, 11) is 0. The van der Waals surface area contributed by atoms with Gasteiger partial charge < -0.3 is 10.1 Å². The molecule has 0 aliphatic heterocycles. The van der Waals surface area contributed by atoms with Crippen molar-refractivity contribution < 1.29 is 14.3 Å². The molecule has 3 aromatic rings. The van der Waals surface area contributed by atoms with E-state index in [0.29, 0.717) is 23.7 Å². The van der Waals surface area contributed by atoms with Gasteiger partial charge in [-0.1, -0.05) is 59.4 Å². The topological polar surface area (TPSA) is 81.2 Å². The molecular formula is C21H21N3O3S. The molecule has 1 heterocycles. The second-order valence-corrected chi connectivity index (χ2v) is 7.31. The fourth-order valence-electron chi connectivity index (χ4n) is 2.47. The van der Waals surface area contributed by atoms with Crippen LogP contribution in [0, 0.1) is 6.92 Å². The van der Waals surface area contributed by atoms with E-state index in [1.54, 1.807) is 12.1 Å². The third-order valence-electron chi connectivity index (χ3n) is 3.99. The summed E-state index contributed by atoms with van der Waals surface area (Å²) < 4.78 is 5.63. The monoisotopic (exact) mass is 395 g/mol. The van der Waals surface area contributed by atoms with Crippen LogP contribution < -0.4 is 10.1 Å². The smallest absolute Gasteiger partial charge is 0.226 e. The molecule has 144 valence electrons. The van der Waals surface area contributed by atoms with Gasteiger partial charge in [-0.2, -0.15) is 0 Å². The lowest BCUT2D eigenvalue weighted by atomic mass is 10.1. The first-order chi connectivity index (χ1) is 13.6. The van der Waals surface area contributed by atoms with E-state index in [1.807, 2.05) is 49.4 Å². The normalized spacial score (nSPS) is 10.5. The number of aromatic nitrogens is 2. The number of hydrogen-bond donors (Lipinski definition) is 1. The minimum absolute atomic E-state index is 0.0498. The Morgan fingerprint density at radius 2 is 1.75 bits per heavy atom. The largest absolute Gasteiger partial charge is 0.493 e. The number of carbonyl (C=O) groups is 2. The van der Waals surface area contributed by atoms with Crippen molar-refractivity contribution in [3.05, 3.63) is 70.7 Å². The van der Waals surface area contributed by atoms with E-state index < -0.39 is 0 Å². The second kappa shape index (κ2) is 9.75. The number of amides is 1. The van der Waals surface area contributed by atoms with Gasteiger partial charge in [0.1, 0.15) is 10.8 Å². The molecule has 0 aliphatic rings. The Bertz CT molecular complexity index is 924. The molecule has 2 aromatic carbocycles. The van der Waals surface area contributed by atoms with Gasteiger partial charge in [-0.3, -0.25) is 9.59 Å². The van der Waals surface area contributed by atoms with Gasteiger partial charge in [-0.05, 0) is 19.1 Å². The van der Waals surface area contributed by atoms with Crippen LogP contribution in [0.4, 0.5) is 5.13 Å². The fraction of sp³-hybridized carbons (Fsp3) is 0.238. The van der Waals surface area contributed by atoms with E-state index >= 15 is 0 Å². The highest BCUT2D eigenvalue weighted by atomic mass is 32.1. The molecule has 0 bridgehead atoms. The number of ether oxygens (including phenoxy) is 1. The van der Waals surface area contributed by atoms with Crippen LogP contribution in [0.2, 0.25) is 0 Å². The molecule has 7 heteroatoms. The predicted molar refractivity (Wildman–Crippen MR) is 109 cm³/mol. The van der Waals surface area contributed by atoms with Crippen molar-refractivity contribution in [2.24, 2.45) is 0 Å². The van der Waals surface area contributed by atoms with E-state index in [0.717, 1.165) is 16.3 Å². The fourth-order valence-corrected chi connectivity index (χ4v) is 3.21. The summed E-state index contributed by atoms with van der Waals surface area (Å²) in [6.45, 7) is 2.45. The number of hydrogen-bond acceptors (Lipinski definition) is 6. The molecule has 0 spiro atoms. The molecule has 6 nitrogen and oxygen atoms in total. The summed E-state index contributed by atoms with van der Waals surface area (Å²) in [5.74, 6) is 0.508. The molecule has 0 saturated heterocycles. The molecular weight excluding hydrogens is 374 g/mol. The third kappa shape index (κ3) is 5.99. The molecule has 0 unspecified atom stereocenters. The molecule has 0 atom stereocenters. The molecule has 0 radical (unpaired) electrons. The van der Waals surface area contributed by atoms with Crippen LogP contribution in [-0.2, 0) is 11.2 Å². The first kappa shape index (κ1) is 19.7. The third-order valence-corrected chi connectivity index (χ3v) is 4.89. The van der Waals surface area contributed by atoms with Gasteiger partial charge in [0.05, 0.1) is 6.61 Å². The number of carbonyl (C=O) groups excluding carboxylic acids is 2. The molecule has 0 aliphatic carbocycles. The quantitative estimate of drug-likeness (QED) is 0.552. The SMILES string of the molecule is Cc1ccc(C(=O)CCC(=O)Nc2nnc(CCOc3ccccc3)s2)cc1. The van der Waals surface area contributed by atoms with Gasteiger partial charge in [0.25, 0.3) is 0 Å². The Morgan fingerprint density at radius 1 is 1.00 bits per heavy atom. The highest BCUT2D eigenvalue weighted by Crippen LogP contribution is 2.17. The zero-order valence-corrected chi connectivity index (χ0v) is 16.4. The molecule has 28 heavy (non-hydrogen) atoms. The van der Waals surface area contributed by atoms with Gasteiger partial charge in [-0.25, -0.2) is 0 Å². The van der Waals surface area contributed by atoms with Gasteiger partial charge in [-0.15, -0.1) is 10.2 Å². The Kier molecular flexibility index (Phi) is 6.86. The van der Waals surface area contributed by atoms with E-state index in [4.69, 9.17) is 4.74 Å². The van der Waals surface area contributed by atoms with Crippen LogP contribution >= 0.6 is 11.3 Å². The lowest BCUT2D eigenvalue weighted by Gasteiger charge is -2.03. The summed E-state index contributed by atoms with van der Waals surface area (Å²) >= 11 is 1.31. The van der Waals surface area contributed by atoms with Crippen LogP contribution in [0.5, 0.6) is 5.75 Å². The van der Waals surface area contributed by atoms with Crippen LogP contribution in [0.3, 0.4) is 0 Å². The molecule has 3 rings (SSSR count). The molecule has 1 amide bonds. The van der Waals surface area contributed by atoms with Crippen LogP contribution in [0.15, 0.2) is 54.6 Å². The number of Topliss-reactive ketones (excluding diaryl/α,β-unsaturated/α-hetero) is 1. The van der Waals surface area contributed by atoms with Crippen molar-refractivity contribution in [2.45, 2.75) is 26.2 Å². The maximum Gasteiger partial charge on any atom is 0.226 e. The van der Waals surface area contributed by atoms with E-state index in [2.05, 4.69) is 15.5 Å². The molecule has 0 fully saturated rings. The minimum Gasteiger partial charge on any atom is -0.493 e. The number of para-hydroxylation sites is 1. The zero-order valence-electron chi connectivity index (χ0n) is 15.6. The number of anilines is 1. The van der Waals surface area contributed by atoms with Crippen molar-refractivity contribution >= 4 is 28.2 Å². The number of nitrogens with zero attached hydrogens (tertiary/aromatic N) is 2. The summed E-state index contributed by atoms with van der Waals surface area (Å²) in [5.41, 5.74) is 1.71. The van der Waals surface area contributed by atoms with Gasteiger partial charge in [0, 0.05) is 24.8 Å². The standard InChI is InChI=1S/C21H21N3O3S/c1-15-7-9-16(10-8-15)18(25)11-12-19(26)22-21-24-23-20(28-21)13-14-27-17-5-3-2-4-6-17/h2-10H,11-14H2,1H3,(H,22,24,26). The lowest BCUT2D eigenvalue weighted by molar-refractivity contribution is -0.116. The number of benzene rings is 2. The van der Waals surface area contributed by atoms with Crippen molar-refractivity contribution in [2.75, 3.05) is 11.9 Å². The summed E-state index contributed by atoms with van der Waals surface area (Å²) in [6.07, 6.45) is 0.874. The summed E-state index contributed by atoms with van der Waals surface area (Å²) in [4.78, 5) is 24.2. The average Bonchev–Trinajstić information content (AvgIpc) is 3.14. The van der Waals surface area contributed by atoms with E-state index in [1.165, 1.54) is 11.3 Å². The second-order valence-electron chi connectivity index (χ2n) is 6.25. The maximum absolute atomic E-state index is 12.1. The minimum atomic E-state index is -0.247. The number of nitrogens with one attached hydrogen (secondary N) is 1. The molecule has 1 aromatic heterocycles. The predicted octanol–water partition coefficient (Wildman–Crippen LogP) is 4.07. The zero-order chi connectivity index (χ0) is 19.8. The number of aryl methyl sites for hydroxylation is 1. The van der Waals surface area contributed by atoms with Crippen molar-refractivity contribution in [1.82, 2.24) is 10.2 Å². The Balaban J connectivity index is 1.40. The van der Waals surface area contributed by atoms with Gasteiger partial charge in [0.15, 0.2) is 5.78 Å². The Labute approximate surface area is 167 Å². The average molecular weight is 395 g/mol. The van der Waals surface area contributed by atoms with Crippen molar-refractivity contribution in [3.63, 3.8) is 0 Å². The highest BCUT2D eigenvalue weighted by Gasteiger charge is 2.12. The first-order valence-electron chi connectivity index (χ1n) is 9.00. The van der Waals surface area contributed by atoms with Crippen LogP contribution in [0.1, 0.15) is 33.8 Å². The number of ketones is 1. The lowest BCUT2D eigenvalue weighted by Crippen LogP contribution is -2.13. The van der Waals surface area contributed by atoms with Crippen LogP contribution in [-0.4, -0.2) is 28.5 Å². The maximum atomic E-state index is 12.1. The Morgan fingerprint density at radius 3 is 2.50 bits per heavy atom. The molecule has 0 saturated carbocycles.